The number of hydrogen-bond acceptors (Lipinski definition) is 3. The molecule has 0 saturated heterocycles. The predicted molar refractivity (Wildman–Crippen MR) is 68.2 cm³/mol. The number of nitrogens with zero attached hydrogens (tertiary/aromatic N) is 1. The van der Waals surface area contributed by atoms with E-state index in [1.165, 1.54) is 12.1 Å². The summed E-state index contributed by atoms with van der Waals surface area (Å²) in [6.07, 6.45) is 0. The first-order chi connectivity index (χ1) is 7.79. The molecule has 0 amide bonds. The number of aliphatic imine (C=N–C) groups is 1. The van der Waals surface area contributed by atoms with Gasteiger partial charge in [-0.3, -0.25) is 4.99 Å². The molecule has 6 nitrogen and oxygen atoms in total. The zero-order valence-electron chi connectivity index (χ0n) is 9.71. The normalized spacial score (nSPS) is 12.8. The van der Waals surface area contributed by atoms with Crippen LogP contribution in [0.3, 0.4) is 0 Å². The Kier molecular flexibility index (Phi) is 4.08. The highest BCUT2D eigenvalue weighted by molar-refractivity contribution is 7.89. The minimum Gasteiger partial charge on any atom is -0.370 e. The van der Waals surface area contributed by atoms with Crippen LogP contribution in [-0.4, -0.2) is 20.4 Å². The smallest absolute Gasteiger partial charge is 0.238 e. The van der Waals surface area contributed by atoms with Crippen molar-refractivity contribution in [3.8, 4) is 0 Å². The number of primary sulfonamides is 1. The monoisotopic (exact) mass is 256 g/mol. The Labute approximate surface area is 101 Å². The van der Waals surface area contributed by atoms with Crippen molar-refractivity contribution in [2.45, 2.75) is 24.8 Å². The van der Waals surface area contributed by atoms with Gasteiger partial charge in [0.25, 0.3) is 0 Å². The Morgan fingerprint density at radius 3 is 2.59 bits per heavy atom. The maximum atomic E-state index is 11.1. The van der Waals surface area contributed by atoms with E-state index in [-0.39, 0.29) is 16.9 Å². The minimum absolute atomic E-state index is 0.0276. The third-order valence-corrected chi connectivity index (χ3v) is 2.74. The quantitative estimate of drug-likeness (QED) is 0.539. The molecule has 1 rings (SSSR count). The second kappa shape index (κ2) is 5.15. The van der Waals surface area contributed by atoms with Crippen LogP contribution in [-0.2, 0) is 10.0 Å². The van der Waals surface area contributed by atoms with Crippen molar-refractivity contribution in [2.75, 3.05) is 5.32 Å². The first kappa shape index (κ1) is 13.5. The van der Waals surface area contributed by atoms with Crippen LogP contribution in [0, 0.1) is 0 Å². The van der Waals surface area contributed by atoms with Gasteiger partial charge in [-0.15, -0.1) is 0 Å². The molecule has 94 valence electrons. The van der Waals surface area contributed by atoms with Crippen molar-refractivity contribution in [3.63, 3.8) is 0 Å². The Morgan fingerprint density at radius 2 is 2.06 bits per heavy atom. The van der Waals surface area contributed by atoms with Gasteiger partial charge in [0.2, 0.25) is 10.0 Å². The van der Waals surface area contributed by atoms with Gasteiger partial charge in [0.15, 0.2) is 5.96 Å². The molecule has 0 bridgehead atoms. The SMILES string of the molecule is CC(C)N=C(N)Nc1cccc(S(N)(=O)=O)c1. The molecule has 1 aromatic rings. The summed E-state index contributed by atoms with van der Waals surface area (Å²) in [7, 11) is -3.70. The second-order valence-electron chi connectivity index (χ2n) is 3.81. The lowest BCUT2D eigenvalue weighted by molar-refractivity contribution is 0.598. The largest absolute Gasteiger partial charge is 0.370 e. The fourth-order valence-corrected chi connectivity index (χ4v) is 1.77. The predicted octanol–water partition coefficient (Wildman–Crippen LogP) is 0.469. The van der Waals surface area contributed by atoms with Crippen LogP contribution >= 0.6 is 0 Å². The summed E-state index contributed by atoms with van der Waals surface area (Å²) in [5.74, 6) is 0.228. The number of sulfonamides is 1. The molecule has 7 heteroatoms. The van der Waals surface area contributed by atoms with Gasteiger partial charge >= 0.3 is 0 Å². The van der Waals surface area contributed by atoms with Crippen molar-refractivity contribution in [1.29, 1.82) is 0 Å². The highest BCUT2D eigenvalue weighted by Crippen LogP contribution is 2.13. The van der Waals surface area contributed by atoms with Crippen molar-refractivity contribution in [2.24, 2.45) is 15.9 Å². The molecule has 0 saturated carbocycles. The molecule has 0 fully saturated rings. The minimum atomic E-state index is -3.70. The maximum absolute atomic E-state index is 11.1. The molecule has 0 unspecified atom stereocenters. The summed E-state index contributed by atoms with van der Waals surface area (Å²) >= 11 is 0. The lowest BCUT2D eigenvalue weighted by atomic mass is 10.3. The number of rotatable bonds is 3. The van der Waals surface area contributed by atoms with E-state index >= 15 is 0 Å². The van der Waals surface area contributed by atoms with Gasteiger partial charge < -0.3 is 11.1 Å². The van der Waals surface area contributed by atoms with Gasteiger partial charge in [-0.2, -0.15) is 0 Å². The zero-order valence-corrected chi connectivity index (χ0v) is 10.5. The van der Waals surface area contributed by atoms with E-state index in [2.05, 4.69) is 10.3 Å². The summed E-state index contributed by atoms with van der Waals surface area (Å²) in [6.45, 7) is 3.77. The molecule has 5 N–H and O–H groups in total. The summed E-state index contributed by atoms with van der Waals surface area (Å²) in [5.41, 5.74) is 6.15. The topological polar surface area (TPSA) is 111 Å². The maximum Gasteiger partial charge on any atom is 0.238 e. The molecule has 0 radical (unpaired) electrons. The summed E-state index contributed by atoms with van der Waals surface area (Å²) < 4.78 is 22.3. The van der Waals surface area contributed by atoms with E-state index in [1.54, 1.807) is 12.1 Å². The van der Waals surface area contributed by atoms with Crippen LogP contribution in [0.1, 0.15) is 13.8 Å². The molecule has 0 heterocycles. The van der Waals surface area contributed by atoms with Crippen molar-refractivity contribution in [3.05, 3.63) is 24.3 Å². The fourth-order valence-electron chi connectivity index (χ4n) is 1.21. The van der Waals surface area contributed by atoms with Crippen molar-refractivity contribution < 1.29 is 8.42 Å². The lowest BCUT2D eigenvalue weighted by Crippen LogP contribution is -2.24. The standard InChI is InChI=1S/C10H16N4O2S/c1-7(2)13-10(11)14-8-4-3-5-9(6-8)17(12,15)16/h3-7H,1-2H3,(H3,11,13,14)(H2,12,15,16). The van der Waals surface area contributed by atoms with Crippen LogP contribution in [0.2, 0.25) is 0 Å². The third-order valence-electron chi connectivity index (χ3n) is 1.83. The number of benzene rings is 1. The molecule has 1 aromatic carbocycles. The third kappa shape index (κ3) is 4.41. The number of anilines is 1. The van der Waals surface area contributed by atoms with E-state index in [9.17, 15) is 8.42 Å². The van der Waals surface area contributed by atoms with Crippen LogP contribution < -0.4 is 16.2 Å². The zero-order chi connectivity index (χ0) is 13.1. The first-order valence-electron chi connectivity index (χ1n) is 5.02. The highest BCUT2D eigenvalue weighted by atomic mass is 32.2. The Hall–Kier alpha value is -1.60. The molecule has 0 aromatic heterocycles. The van der Waals surface area contributed by atoms with Gasteiger partial charge in [0.1, 0.15) is 0 Å². The van der Waals surface area contributed by atoms with Crippen LogP contribution in [0.5, 0.6) is 0 Å². The van der Waals surface area contributed by atoms with Crippen LogP contribution in [0.15, 0.2) is 34.2 Å². The Morgan fingerprint density at radius 1 is 1.41 bits per heavy atom. The number of hydrogen-bond donors (Lipinski definition) is 3. The first-order valence-corrected chi connectivity index (χ1v) is 6.57. The summed E-state index contributed by atoms with van der Waals surface area (Å²) in [6, 6.07) is 6.13. The van der Waals surface area contributed by atoms with E-state index in [0.29, 0.717) is 5.69 Å². The van der Waals surface area contributed by atoms with Gasteiger partial charge in [0, 0.05) is 11.7 Å². The van der Waals surface area contributed by atoms with Crippen LogP contribution in [0.25, 0.3) is 0 Å². The highest BCUT2D eigenvalue weighted by Gasteiger charge is 2.08. The van der Waals surface area contributed by atoms with Gasteiger partial charge in [-0.25, -0.2) is 13.6 Å². The Balaban J connectivity index is 2.95. The van der Waals surface area contributed by atoms with Gasteiger partial charge in [-0.1, -0.05) is 6.07 Å². The average molecular weight is 256 g/mol. The molecule has 0 spiro atoms. The molecule has 0 aliphatic carbocycles. The van der Waals surface area contributed by atoms with E-state index in [4.69, 9.17) is 10.9 Å². The number of guanidine groups is 1. The average Bonchev–Trinajstić information content (AvgIpc) is 2.15. The van der Waals surface area contributed by atoms with E-state index in [1.807, 2.05) is 13.8 Å². The van der Waals surface area contributed by atoms with Crippen molar-refractivity contribution >= 4 is 21.7 Å². The van der Waals surface area contributed by atoms with Crippen LogP contribution in [0.4, 0.5) is 5.69 Å². The Bertz CT molecular complexity index is 523. The fraction of sp³-hybridized carbons (Fsp3) is 0.300. The van der Waals surface area contributed by atoms with Gasteiger partial charge in [0.05, 0.1) is 4.90 Å². The van der Waals surface area contributed by atoms with E-state index < -0.39 is 10.0 Å². The van der Waals surface area contributed by atoms with Gasteiger partial charge in [-0.05, 0) is 32.0 Å². The molecule has 0 aliphatic heterocycles. The summed E-state index contributed by atoms with van der Waals surface area (Å²) in [4.78, 5) is 4.09. The number of nitrogens with one attached hydrogen (secondary N) is 1. The molecule has 0 aliphatic rings. The van der Waals surface area contributed by atoms with Crippen molar-refractivity contribution in [1.82, 2.24) is 0 Å². The summed E-state index contributed by atoms with van der Waals surface area (Å²) in [5, 5.41) is 7.81. The van der Waals surface area contributed by atoms with E-state index in [0.717, 1.165) is 0 Å². The lowest BCUT2D eigenvalue weighted by Gasteiger charge is -2.08. The molecular formula is C10H16N4O2S. The molecule has 17 heavy (non-hydrogen) atoms. The molecular weight excluding hydrogens is 240 g/mol. The molecule has 0 atom stereocenters. The number of nitrogens with two attached hydrogens (primary N) is 2. The second-order valence-corrected chi connectivity index (χ2v) is 5.37.